The minimum Gasteiger partial charge on any atom is -0.332 e. The highest BCUT2D eigenvalue weighted by Gasteiger charge is 2.30. The number of likely N-dealkylation sites (tertiary alicyclic amines) is 1. The van der Waals surface area contributed by atoms with E-state index in [2.05, 4.69) is 4.98 Å². The lowest BCUT2D eigenvalue weighted by Crippen LogP contribution is -2.36. The molecule has 2 aromatic carbocycles. The largest absolute Gasteiger partial charge is 0.332 e. The van der Waals surface area contributed by atoms with E-state index in [4.69, 9.17) is 0 Å². The Hall–Kier alpha value is -3.15. The van der Waals surface area contributed by atoms with Crippen molar-refractivity contribution < 1.29 is 4.79 Å². The monoisotopic (exact) mass is 363 g/mol. The van der Waals surface area contributed by atoms with E-state index < -0.39 is 11.1 Å². The second-order valence-corrected chi connectivity index (χ2v) is 6.80. The summed E-state index contributed by atoms with van der Waals surface area (Å²) in [6, 6.07) is 15.2. The zero-order valence-electron chi connectivity index (χ0n) is 15.1. The molecule has 1 saturated heterocycles. The molecule has 1 aliphatic heterocycles. The van der Waals surface area contributed by atoms with E-state index in [0.29, 0.717) is 29.7 Å². The Balaban J connectivity index is 1.74. The number of aromatic nitrogens is 2. The molecule has 1 aliphatic rings. The number of hydrogen-bond donors (Lipinski definition) is 1. The number of aryl methyl sites for hydroxylation is 1. The third kappa shape index (κ3) is 2.97. The van der Waals surface area contributed by atoms with Gasteiger partial charge in [0.1, 0.15) is 0 Å². The molecule has 1 aromatic heterocycles. The van der Waals surface area contributed by atoms with E-state index in [0.717, 1.165) is 18.4 Å². The zero-order valence-corrected chi connectivity index (χ0v) is 15.1. The number of rotatable bonds is 3. The fourth-order valence-corrected chi connectivity index (χ4v) is 3.92. The fourth-order valence-electron chi connectivity index (χ4n) is 3.92. The number of carbonyl (C=O) groups excluding carboxylic acids is 1. The summed E-state index contributed by atoms with van der Waals surface area (Å²) in [5.41, 5.74) is 1.53. The van der Waals surface area contributed by atoms with E-state index in [1.165, 1.54) is 4.57 Å². The van der Waals surface area contributed by atoms with Gasteiger partial charge in [-0.3, -0.25) is 14.4 Å². The van der Waals surface area contributed by atoms with Crippen LogP contribution in [0.2, 0.25) is 0 Å². The van der Waals surface area contributed by atoms with Gasteiger partial charge in [0.05, 0.1) is 17.1 Å². The molecule has 0 radical (unpaired) electrons. The number of carbonyl (C=O) groups is 1. The molecule has 4 rings (SSSR count). The van der Waals surface area contributed by atoms with Gasteiger partial charge in [-0.05, 0) is 43.5 Å². The van der Waals surface area contributed by atoms with Gasteiger partial charge >= 0.3 is 11.1 Å². The molecule has 1 fully saturated rings. The van der Waals surface area contributed by atoms with Crippen molar-refractivity contribution in [3.8, 4) is 0 Å². The Bertz CT molecular complexity index is 1110. The predicted octanol–water partition coefficient (Wildman–Crippen LogP) is 2.69. The lowest BCUT2D eigenvalue weighted by atomic mass is 10.0. The van der Waals surface area contributed by atoms with E-state index in [1.807, 2.05) is 42.2 Å². The molecule has 3 aromatic rings. The van der Waals surface area contributed by atoms with Crippen LogP contribution in [0.3, 0.4) is 0 Å². The van der Waals surface area contributed by atoms with Gasteiger partial charge in [0.2, 0.25) is 0 Å². The first-order valence-corrected chi connectivity index (χ1v) is 9.23. The number of nitrogens with one attached hydrogen (secondary N) is 1. The van der Waals surface area contributed by atoms with Gasteiger partial charge < -0.3 is 14.5 Å². The quantitative estimate of drug-likeness (QED) is 0.727. The van der Waals surface area contributed by atoms with Gasteiger partial charge in [0.25, 0.3) is 5.91 Å². The third-order valence-electron chi connectivity index (χ3n) is 5.24. The Labute approximate surface area is 156 Å². The lowest BCUT2D eigenvalue weighted by Gasteiger charge is -2.25. The van der Waals surface area contributed by atoms with Crippen molar-refractivity contribution in [2.45, 2.75) is 32.4 Å². The molecular weight excluding hydrogens is 342 g/mol. The summed E-state index contributed by atoms with van der Waals surface area (Å²) in [6.07, 6.45) is 1.90. The van der Waals surface area contributed by atoms with Crippen LogP contribution in [0.1, 0.15) is 41.7 Å². The first-order valence-electron chi connectivity index (χ1n) is 9.23. The number of nitrogens with zero attached hydrogens (tertiary/aromatic N) is 2. The third-order valence-corrected chi connectivity index (χ3v) is 5.24. The van der Waals surface area contributed by atoms with Crippen molar-refractivity contribution in [2.75, 3.05) is 6.54 Å². The maximum absolute atomic E-state index is 13.1. The van der Waals surface area contributed by atoms with Crippen LogP contribution in [0.25, 0.3) is 11.0 Å². The van der Waals surface area contributed by atoms with Gasteiger partial charge in [0.15, 0.2) is 0 Å². The highest BCUT2D eigenvalue weighted by molar-refractivity contribution is 5.97. The Kier molecular flexibility index (Phi) is 4.39. The molecule has 27 heavy (non-hydrogen) atoms. The van der Waals surface area contributed by atoms with Crippen LogP contribution in [-0.2, 0) is 6.54 Å². The summed E-state index contributed by atoms with van der Waals surface area (Å²) in [5.74, 6) is -0.0571. The second-order valence-electron chi connectivity index (χ2n) is 6.80. The van der Waals surface area contributed by atoms with Crippen LogP contribution in [-0.4, -0.2) is 26.9 Å². The molecular formula is C21H21N3O3. The second kappa shape index (κ2) is 6.87. The molecule has 6 nitrogen and oxygen atoms in total. The number of aromatic amines is 1. The topological polar surface area (TPSA) is 75.2 Å². The molecule has 1 atom stereocenters. The van der Waals surface area contributed by atoms with E-state index in [9.17, 15) is 14.4 Å². The van der Waals surface area contributed by atoms with Crippen LogP contribution in [0.4, 0.5) is 0 Å². The van der Waals surface area contributed by atoms with Crippen molar-refractivity contribution in [1.29, 1.82) is 0 Å². The van der Waals surface area contributed by atoms with Gasteiger partial charge in [-0.25, -0.2) is 0 Å². The Morgan fingerprint density at radius 2 is 1.93 bits per heavy atom. The standard InChI is InChI=1S/C21H21N3O3/c1-2-23-18-11-10-15(13-16(18)22-19(25)21(23)27)20(26)24-12-6-9-17(24)14-7-4-3-5-8-14/h3-5,7-8,10-11,13,17H,2,6,9,12H2,1H3,(H,22,25). The SMILES string of the molecule is CCn1c(=O)c(=O)[nH]c2cc(C(=O)N3CCCC3c3ccccc3)ccc21. The molecule has 0 bridgehead atoms. The zero-order chi connectivity index (χ0) is 19.0. The average molecular weight is 363 g/mol. The molecule has 0 spiro atoms. The Morgan fingerprint density at radius 1 is 1.15 bits per heavy atom. The van der Waals surface area contributed by atoms with E-state index >= 15 is 0 Å². The van der Waals surface area contributed by atoms with Crippen molar-refractivity contribution in [1.82, 2.24) is 14.5 Å². The summed E-state index contributed by atoms with van der Waals surface area (Å²) in [6.45, 7) is 2.92. The smallest absolute Gasteiger partial charge is 0.316 e. The summed E-state index contributed by atoms with van der Waals surface area (Å²) >= 11 is 0. The highest BCUT2D eigenvalue weighted by atomic mass is 16.2. The van der Waals surface area contributed by atoms with E-state index in [1.54, 1.807) is 18.2 Å². The van der Waals surface area contributed by atoms with Gasteiger partial charge in [-0.1, -0.05) is 30.3 Å². The summed E-state index contributed by atoms with van der Waals surface area (Å²) < 4.78 is 1.42. The first kappa shape index (κ1) is 17.3. The van der Waals surface area contributed by atoms with Gasteiger partial charge in [0, 0.05) is 18.7 Å². The maximum atomic E-state index is 13.1. The summed E-state index contributed by atoms with van der Waals surface area (Å²) in [7, 11) is 0. The molecule has 6 heteroatoms. The minimum atomic E-state index is -0.669. The van der Waals surface area contributed by atoms with Crippen molar-refractivity contribution in [3.63, 3.8) is 0 Å². The number of H-pyrrole nitrogens is 1. The van der Waals surface area contributed by atoms with Crippen LogP contribution in [0.5, 0.6) is 0 Å². The molecule has 2 heterocycles. The van der Waals surface area contributed by atoms with Gasteiger partial charge in [-0.2, -0.15) is 0 Å². The Morgan fingerprint density at radius 3 is 2.67 bits per heavy atom. The number of amides is 1. The molecule has 0 aliphatic carbocycles. The number of fused-ring (bicyclic) bond motifs is 1. The van der Waals surface area contributed by atoms with Crippen molar-refractivity contribution in [2.24, 2.45) is 0 Å². The summed E-state index contributed by atoms with van der Waals surface area (Å²) in [5, 5.41) is 0. The van der Waals surface area contributed by atoms with Crippen LogP contribution >= 0.6 is 0 Å². The molecule has 138 valence electrons. The maximum Gasteiger partial charge on any atom is 0.316 e. The lowest BCUT2D eigenvalue weighted by molar-refractivity contribution is 0.0736. The van der Waals surface area contributed by atoms with Crippen LogP contribution < -0.4 is 11.1 Å². The highest BCUT2D eigenvalue weighted by Crippen LogP contribution is 2.33. The molecule has 1 N–H and O–H groups in total. The number of hydrogen-bond acceptors (Lipinski definition) is 3. The van der Waals surface area contributed by atoms with Crippen molar-refractivity contribution in [3.05, 3.63) is 80.4 Å². The van der Waals surface area contributed by atoms with Gasteiger partial charge in [-0.15, -0.1) is 0 Å². The van der Waals surface area contributed by atoms with Crippen molar-refractivity contribution >= 4 is 16.9 Å². The number of benzene rings is 2. The predicted molar refractivity (Wildman–Crippen MR) is 104 cm³/mol. The first-order chi connectivity index (χ1) is 13.1. The molecule has 1 unspecified atom stereocenters. The minimum absolute atomic E-state index is 0.0571. The normalized spacial score (nSPS) is 16.8. The summed E-state index contributed by atoms with van der Waals surface area (Å²) in [4.78, 5) is 41.5. The van der Waals surface area contributed by atoms with Crippen LogP contribution in [0.15, 0.2) is 58.1 Å². The molecule has 1 amide bonds. The van der Waals surface area contributed by atoms with Crippen LogP contribution in [0, 0.1) is 0 Å². The molecule has 0 saturated carbocycles. The fraction of sp³-hybridized carbons (Fsp3) is 0.286. The average Bonchev–Trinajstić information content (AvgIpc) is 3.18. The van der Waals surface area contributed by atoms with E-state index in [-0.39, 0.29) is 11.9 Å².